The molecular weight excluding hydrogens is 439 g/mol. The summed E-state index contributed by atoms with van der Waals surface area (Å²) in [6.45, 7) is 2.80. The second-order valence-corrected chi connectivity index (χ2v) is 9.19. The topological polar surface area (TPSA) is 84.9 Å². The number of hydrogen-bond donors (Lipinski definition) is 1. The molecule has 0 radical (unpaired) electrons. The van der Waals surface area contributed by atoms with Crippen molar-refractivity contribution in [3.63, 3.8) is 0 Å². The standard InChI is InChI=1S/C19H20Cl2N2O5S/c1-13-2-4-15(29(25,26)23-6-8-27-9-7-23)11-17(13)22-19(24)12-28-18-5-3-14(20)10-16(18)21/h2-5,10-11H,6-9,12H2,1H3,(H,22,24). The molecule has 0 unspecified atom stereocenters. The summed E-state index contributed by atoms with van der Waals surface area (Å²) in [4.78, 5) is 12.4. The van der Waals surface area contributed by atoms with Crippen LogP contribution in [0.15, 0.2) is 41.3 Å². The van der Waals surface area contributed by atoms with E-state index in [-0.39, 0.29) is 11.5 Å². The van der Waals surface area contributed by atoms with Crippen LogP contribution in [0.4, 0.5) is 5.69 Å². The SMILES string of the molecule is Cc1ccc(S(=O)(=O)N2CCOCC2)cc1NC(=O)COc1ccc(Cl)cc1Cl. The molecule has 10 heteroatoms. The number of aryl methyl sites for hydroxylation is 1. The van der Waals surface area contributed by atoms with Crippen molar-refractivity contribution in [2.24, 2.45) is 0 Å². The van der Waals surface area contributed by atoms with Gasteiger partial charge in [0, 0.05) is 23.8 Å². The molecule has 2 aromatic rings. The minimum Gasteiger partial charge on any atom is -0.482 e. The van der Waals surface area contributed by atoms with Crippen LogP contribution in [0.25, 0.3) is 0 Å². The Kier molecular flexibility index (Phi) is 7.02. The Morgan fingerprint density at radius 2 is 1.90 bits per heavy atom. The molecule has 1 N–H and O–H groups in total. The minimum atomic E-state index is -3.66. The number of halogens is 2. The summed E-state index contributed by atoms with van der Waals surface area (Å²) in [6.07, 6.45) is 0. The Morgan fingerprint density at radius 3 is 2.59 bits per heavy atom. The Morgan fingerprint density at radius 1 is 1.17 bits per heavy atom. The molecule has 1 saturated heterocycles. The van der Waals surface area contributed by atoms with E-state index in [4.69, 9.17) is 32.7 Å². The highest BCUT2D eigenvalue weighted by atomic mass is 35.5. The summed E-state index contributed by atoms with van der Waals surface area (Å²) in [6, 6.07) is 9.32. The van der Waals surface area contributed by atoms with Crippen molar-refractivity contribution in [1.29, 1.82) is 0 Å². The summed E-state index contributed by atoms with van der Waals surface area (Å²) in [5.74, 6) is -0.119. The first-order chi connectivity index (χ1) is 13.8. The van der Waals surface area contributed by atoms with E-state index in [1.165, 1.54) is 22.5 Å². The van der Waals surface area contributed by atoms with Crippen LogP contribution < -0.4 is 10.1 Å². The van der Waals surface area contributed by atoms with Crippen molar-refractivity contribution in [2.45, 2.75) is 11.8 Å². The molecule has 29 heavy (non-hydrogen) atoms. The highest BCUT2D eigenvalue weighted by molar-refractivity contribution is 7.89. The van der Waals surface area contributed by atoms with E-state index in [2.05, 4.69) is 5.32 Å². The van der Waals surface area contributed by atoms with Crippen molar-refractivity contribution in [3.05, 3.63) is 52.0 Å². The zero-order valence-electron chi connectivity index (χ0n) is 15.7. The number of anilines is 1. The van der Waals surface area contributed by atoms with E-state index >= 15 is 0 Å². The third-order valence-electron chi connectivity index (χ3n) is 4.34. The van der Waals surface area contributed by atoms with E-state index in [9.17, 15) is 13.2 Å². The van der Waals surface area contributed by atoms with Gasteiger partial charge in [0.1, 0.15) is 5.75 Å². The second kappa shape index (κ2) is 9.32. The van der Waals surface area contributed by atoms with Crippen molar-refractivity contribution in [2.75, 3.05) is 38.2 Å². The van der Waals surface area contributed by atoms with Gasteiger partial charge >= 0.3 is 0 Å². The summed E-state index contributed by atoms with van der Waals surface area (Å²) < 4.78 is 37.6. The molecule has 0 spiro atoms. The van der Waals surface area contributed by atoms with Gasteiger partial charge < -0.3 is 14.8 Å². The molecule has 1 aliphatic heterocycles. The number of carbonyl (C=O) groups excluding carboxylic acids is 1. The predicted molar refractivity (Wildman–Crippen MR) is 111 cm³/mol. The quantitative estimate of drug-likeness (QED) is 0.717. The van der Waals surface area contributed by atoms with Crippen molar-refractivity contribution >= 4 is 44.8 Å². The third-order valence-corrected chi connectivity index (χ3v) is 6.77. The summed E-state index contributed by atoms with van der Waals surface area (Å²) in [7, 11) is -3.66. The molecule has 2 aromatic carbocycles. The average Bonchev–Trinajstić information content (AvgIpc) is 2.69. The van der Waals surface area contributed by atoms with Gasteiger partial charge in [0.25, 0.3) is 5.91 Å². The number of carbonyl (C=O) groups is 1. The smallest absolute Gasteiger partial charge is 0.262 e. The molecule has 1 amide bonds. The van der Waals surface area contributed by atoms with Crippen LogP contribution in [0.2, 0.25) is 10.0 Å². The number of ether oxygens (including phenoxy) is 2. The molecule has 3 rings (SSSR count). The number of benzene rings is 2. The van der Waals surface area contributed by atoms with Crippen LogP contribution >= 0.6 is 23.2 Å². The van der Waals surface area contributed by atoms with Gasteiger partial charge in [-0.3, -0.25) is 4.79 Å². The zero-order chi connectivity index (χ0) is 21.0. The van der Waals surface area contributed by atoms with Crippen molar-refractivity contribution in [3.8, 4) is 5.75 Å². The maximum atomic E-state index is 12.8. The molecule has 7 nitrogen and oxygen atoms in total. The first-order valence-electron chi connectivity index (χ1n) is 8.83. The highest BCUT2D eigenvalue weighted by Crippen LogP contribution is 2.28. The lowest BCUT2D eigenvalue weighted by molar-refractivity contribution is -0.118. The van der Waals surface area contributed by atoms with Crippen molar-refractivity contribution in [1.82, 2.24) is 4.31 Å². The second-order valence-electron chi connectivity index (χ2n) is 6.40. The van der Waals surface area contributed by atoms with Gasteiger partial charge in [-0.15, -0.1) is 0 Å². The highest BCUT2D eigenvalue weighted by Gasteiger charge is 2.26. The maximum absolute atomic E-state index is 12.8. The monoisotopic (exact) mass is 458 g/mol. The van der Waals surface area contributed by atoms with Gasteiger partial charge in [0.2, 0.25) is 10.0 Å². The molecule has 0 aromatic heterocycles. The van der Waals surface area contributed by atoms with E-state index in [1.54, 1.807) is 25.1 Å². The normalized spacial score (nSPS) is 15.1. The fourth-order valence-corrected chi connectivity index (χ4v) is 4.65. The number of hydrogen-bond acceptors (Lipinski definition) is 5. The first-order valence-corrected chi connectivity index (χ1v) is 11.0. The maximum Gasteiger partial charge on any atom is 0.262 e. The lowest BCUT2D eigenvalue weighted by atomic mass is 10.2. The number of morpholine rings is 1. The zero-order valence-corrected chi connectivity index (χ0v) is 18.0. The molecule has 0 atom stereocenters. The fourth-order valence-electron chi connectivity index (χ4n) is 2.75. The van der Waals surface area contributed by atoms with Crippen molar-refractivity contribution < 1.29 is 22.7 Å². The molecule has 1 fully saturated rings. The Bertz CT molecular complexity index is 1010. The molecule has 0 bridgehead atoms. The van der Waals surface area contributed by atoms with Crippen LogP contribution in [0.5, 0.6) is 5.75 Å². The number of nitrogens with one attached hydrogen (secondary N) is 1. The lowest BCUT2D eigenvalue weighted by Crippen LogP contribution is -2.40. The molecule has 0 aliphatic carbocycles. The summed E-state index contributed by atoms with van der Waals surface area (Å²) in [5, 5.41) is 3.44. The van der Waals surface area contributed by atoms with Crippen LogP contribution in [-0.2, 0) is 19.6 Å². The van der Waals surface area contributed by atoms with Gasteiger partial charge in [-0.05, 0) is 42.8 Å². The predicted octanol–water partition coefficient (Wildman–Crippen LogP) is 3.34. The Labute approximate surface area is 179 Å². The van der Waals surface area contributed by atoms with Crippen LogP contribution in [-0.4, -0.2) is 51.5 Å². The molecular formula is C19H20Cl2N2O5S. The van der Waals surface area contributed by atoms with Gasteiger partial charge in [-0.25, -0.2) is 8.42 Å². The van der Waals surface area contributed by atoms with E-state index < -0.39 is 15.9 Å². The number of nitrogens with zero attached hydrogens (tertiary/aromatic N) is 1. The van der Waals surface area contributed by atoms with E-state index in [1.807, 2.05) is 0 Å². The van der Waals surface area contributed by atoms with Gasteiger partial charge in [0.05, 0.1) is 23.1 Å². The number of amides is 1. The summed E-state index contributed by atoms with van der Waals surface area (Å²) in [5.41, 5.74) is 1.12. The lowest BCUT2D eigenvalue weighted by Gasteiger charge is -2.26. The van der Waals surface area contributed by atoms with Gasteiger partial charge in [0.15, 0.2) is 6.61 Å². The number of rotatable bonds is 6. The molecule has 1 aliphatic rings. The van der Waals surface area contributed by atoms with E-state index in [0.29, 0.717) is 47.8 Å². The number of sulfonamides is 1. The van der Waals surface area contributed by atoms with Gasteiger partial charge in [-0.1, -0.05) is 29.3 Å². The molecule has 1 heterocycles. The fraction of sp³-hybridized carbons (Fsp3) is 0.316. The first kappa shape index (κ1) is 21.9. The Hall–Kier alpha value is -1.84. The largest absolute Gasteiger partial charge is 0.482 e. The molecule has 156 valence electrons. The van der Waals surface area contributed by atoms with E-state index in [0.717, 1.165) is 5.56 Å². The van der Waals surface area contributed by atoms with Crippen LogP contribution in [0.3, 0.4) is 0 Å². The Balaban J connectivity index is 1.70. The summed E-state index contributed by atoms with van der Waals surface area (Å²) >= 11 is 11.9. The minimum absolute atomic E-state index is 0.113. The molecule has 0 saturated carbocycles. The van der Waals surface area contributed by atoms with Crippen LogP contribution in [0, 0.1) is 6.92 Å². The third kappa shape index (κ3) is 5.40. The van der Waals surface area contributed by atoms with Crippen LogP contribution in [0.1, 0.15) is 5.56 Å². The average molecular weight is 459 g/mol. The van der Waals surface area contributed by atoms with Gasteiger partial charge in [-0.2, -0.15) is 4.31 Å².